The van der Waals surface area contributed by atoms with Gasteiger partial charge in [-0.05, 0) is 38.1 Å². The van der Waals surface area contributed by atoms with E-state index in [9.17, 15) is 8.42 Å². The molecule has 3 rings (SSSR count). The maximum absolute atomic E-state index is 13.1. The van der Waals surface area contributed by atoms with Crippen LogP contribution < -0.4 is 10.1 Å². The monoisotopic (exact) mass is 335 g/mol. The third kappa shape index (κ3) is 3.17. The summed E-state index contributed by atoms with van der Waals surface area (Å²) in [5.41, 5.74) is 0. The van der Waals surface area contributed by atoms with E-state index in [4.69, 9.17) is 4.74 Å². The first-order valence-electron chi connectivity index (χ1n) is 7.86. The van der Waals surface area contributed by atoms with Crippen LogP contribution in [0.4, 0.5) is 0 Å². The molecule has 1 aromatic heterocycles. The second-order valence-corrected chi connectivity index (χ2v) is 7.31. The Kier molecular flexibility index (Phi) is 4.79. The number of hydrogen-bond donors (Lipinski definition) is 1. The van der Waals surface area contributed by atoms with Gasteiger partial charge in [-0.15, -0.1) is 0 Å². The lowest BCUT2D eigenvalue weighted by Gasteiger charge is -2.21. The smallest absolute Gasteiger partial charge is 0.243 e. The molecule has 0 atom stereocenters. The largest absolute Gasteiger partial charge is 0.478 e. The van der Waals surface area contributed by atoms with E-state index in [2.05, 4.69) is 10.3 Å². The Morgan fingerprint density at radius 3 is 2.91 bits per heavy atom. The Labute approximate surface area is 136 Å². The van der Waals surface area contributed by atoms with Crippen molar-refractivity contribution in [2.24, 2.45) is 0 Å². The Balaban J connectivity index is 2.10. The summed E-state index contributed by atoms with van der Waals surface area (Å²) >= 11 is 0. The van der Waals surface area contributed by atoms with Gasteiger partial charge in [-0.3, -0.25) is 0 Å². The van der Waals surface area contributed by atoms with Crippen LogP contribution in [0.3, 0.4) is 0 Å². The van der Waals surface area contributed by atoms with Crippen LogP contribution >= 0.6 is 0 Å². The highest BCUT2D eigenvalue weighted by molar-refractivity contribution is 7.89. The molecule has 6 nitrogen and oxygen atoms in total. The highest BCUT2D eigenvalue weighted by atomic mass is 32.2. The second-order valence-electron chi connectivity index (χ2n) is 5.41. The maximum Gasteiger partial charge on any atom is 0.243 e. The van der Waals surface area contributed by atoms with E-state index >= 15 is 0 Å². The van der Waals surface area contributed by atoms with Crippen LogP contribution in [0, 0.1) is 0 Å². The first-order valence-corrected chi connectivity index (χ1v) is 9.30. The quantitative estimate of drug-likeness (QED) is 0.919. The van der Waals surface area contributed by atoms with E-state index in [0.29, 0.717) is 42.4 Å². The highest BCUT2D eigenvalue weighted by Crippen LogP contribution is 2.30. The average molecular weight is 335 g/mol. The van der Waals surface area contributed by atoms with Gasteiger partial charge in [0, 0.05) is 36.6 Å². The Morgan fingerprint density at radius 2 is 2.09 bits per heavy atom. The number of aromatic nitrogens is 1. The summed E-state index contributed by atoms with van der Waals surface area (Å²) in [6, 6.07) is 6.98. The fourth-order valence-electron chi connectivity index (χ4n) is 2.83. The zero-order chi connectivity index (χ0) is 16.3. The molecule has 2 heterocycles. The fourth-order valence-corrected chi connectivity index (χ4v) is 4.51. The lowest BCUT2D eigenvalue weighted by Crippen LogP contribution is -2.34. The molecule has 7 heteroatoms. The van der Waals surface area contributed by atoms with Crippen molar-refractivity contribution in [3.8, 4) is 5.88 Å². The molecule has 1 saturated heterocycles. The summed E-state index contributed by atoms with van der Waals surface area (Å²) in [6.45, 7) is 4.92. The molecule has 0 unspecified atom stereocenters. The minimum atomic E-state index is -3.53. The first-order chi connectivity index (χ1) is 11.1. The molecule has 2 aromatic rings. The van der Waals surface area contributed by atoms with E-state index in [1.807, 2.05) is 13.0 Å². The van der Waals surface area contributed by atoms with Crippen molar-refractivity contribution in [3.05, 3.63) is 30.5 Å². The number of sulfonamides is 1. The number of pyridine rings is 1. The van der Waals surface area contributed by atoms with E-state index in [1.54, 1.807) is 28.7 Å². The van der Waals surface area contributed by atoms with Crippen LogP contribution in [0.1, 0.15) is 13.3 Å². The lowest BCUT2D eigenvalue weighted by molar-refractivity contribution is 0.331. The molecule has 0 saturated carbocycles. The SMILES string of the molecule is CCOc1nccc2c(S(=O)(=O)N3CCCNCC3)cccc12. The van der Waals surface area contributed by atoms with Crippen molar-refractivity contribution >= 4 is 20.8 Å². The average Bonchev–Trinajstić information content (AvgIpc) is 2.85. The van der Waals surface area contributed by atoms with Gasteiger partial charge in [-0.2, -0.15) is 4.31 Å². The summed E-state index contributed by atoms with van der Waals surface area (Å²) in [7, 11) is -3.53. The Bertz CT molecular complexity index is 784. The molecule has 0 amide bonds. The Hall–Kier alpha value is -1.70. The molecule has 1 aliphatic heterocycles. The van der Waals surface area contributed by atoms with E-state index < -0.39 is 10.0 Å². The van der Waals surface area contributed by atoms with Gasteiger partial charge in [-0.25, -0.2) is 13.4 Å². The first kappa shape index (κ1) is 16.2. The molecule has 0 bridgehead atoms. The number of nitrogens with zero attached hydrogens (tertiary/aromatic N) is 2. The molecular weight excluding hydrogens is 314 g/mol. The van der Waals surface area contributed by atoms with Crippen LogP contribution in [0.25, 0.3) is 10.8 Å². The molecule has 124 valence electrons. The molecular formula is C16H21N3O3S. The van der Waals surface area contributed by atoms with Crippen molar-refractivity contribution in [3.63, 3.8) is 0 Å². The topological polar surface area (TPSA) is 71.5 Å². The molecule has 0 spiro atoms. The van der Waals surface area contributed by atoms with Gasteiger partial charge in [0.15, 0.2) is 0 Å². The molecule has 1 N–H and O–H groups in total. The van der Waals surface area contributed by atoms with Crippen LogP contribution in [-0.2, 0) is 10.0 Å². The van der Waals surface area contributed by atoms with Gasteiger partial charge >= 0.3 is 0 Å². The van der Waals surface area contributed by atoms with Gasteiger partial charge in [0.1, 0.15) is 0 Å². The lowest BCUT2D eigenvalue weighted by atomic mass is 10.2. The van der Waals surface area contributed by atoms with Crippen LogP contribution in [0.15, 0.2) is 35.4 Å². The maximum atomic E-state index is 13.1. The predicted octanol–water partition coefficient (Wildman–Crippen LogP) is 1.62. The zero-order valence-corrected chi connectivity index (χ0v) is 14.0. The number of rotatable bonds is 4. The number of fused-ring (bicyclic) bond motifs is 1. The van der Waals surface area contributed by atoms with Gasteiger partial charge in [0.25, 0.3) is 0 Å². The minimum absolute atomic E-state index is 0.320. The second kappa shape index (κ2) is 6.82. The Morgan fingerprint density at radius 1 is 1.22 bits per heavy atom. The van der Waals surface area contributed by atoms with E-state index in [1.165, 1.54) is 0 Å². The normalized spacial score (nSPS) is 17.1. The summed E-state index contributed by atoms with van der Waals surface area (Å²) in [6.07, 6.45) is 2.41. The standard InChI is InChI=1S/C16H21N3O3S/c1-2-22-16-14-5-3-6-15(13(14)7-9-18-16)23(20,21)19-11-4-8-17-10-12-19/h3,5-7,9,17H,2,4,8,10-12H2,1H3. The van der Waals surface area contributed by atoms with Crippen molar-refractivity contribution in [2.45, 2.75) is 18.2 Å². The molecule has 1 aliphatic rings. The predicted molar refractivity (Wildman–Crippen MR) is 89.2 cm³/mol. The summed E-state index contributed by atoms with van der Waals surface area (Å²) in [5.74, 6) is 0.472. The van der Waals surface area contributed by atoms with Crippen LogP contribution in [-0.4, -0.2) is 50.5 Å². The van der Waals surface area contributed by atoms with Crippen molar-refractivity contribution in [2.75, 3.05) is 32.8 Å². The van der Waals surface area contributed by atoms with E-state index in [-0.39, 0.29) is 0 Å². The molecule has 1 fully saturated rings. The van der Waals surface area contributed by atoms with Gasteiger partial charge < -0.3 is 10.1 Å². The summed E-state index contributed by atoms with van der Waals surface area (Å²) in [4.78, 5) is 4.53. The minimum Gasteiger partial charge on any atom is -0.478 e. The third-order valence-electron chi connectivity index (χ3n) is 3.93. The van der Waals surface area contributed by atoms with Crippen molar-refractivity contribution in [1.29, 1.82) is 0 Å². The highest BCUT2D eigenvalue weighted by Gasteiger charge is 2.27. The number of hydrogen-bond acceptors (Lipinski definition) is 5. The molecule has 0 radical (unpaired) electrons. The van der Waals surface area contributed by atoms with Gasteiger partial charge in [0.2, 0.25) is 15.9 Å². The molecule has 1 aromatic carbocycles. The van der Waals surface area contributed by atoms with Crippen LogP contribution in [0.5, 0.6) is 5.88 Å². The van der Waals surface area contributed by atoms with Crippen LogP contribution in [0.2, 0.25) is 0 Å². The third-order valence-corrected chi connectivity index (χ3v) is 5.88. The molecule has 23 heavy (non-hydrogen) atoms. The van der Waals surface area contributed by atoms with Crippen molar-refractivity contribution in [1.82, 2.24) is 14.6 Å². The summed E-state index contributed by atoms with van der Waals surface area (Å²) in [5, 5.41) is 4.61. The number of nitrogens with one attached hydrogen (secondary N) is 1. The zero-order valence-electron chi connectivity index (χ0n) is 13.2. The van der Waals surface area contributed by atoms with Crippen molar-refractivity contribution < 1.29 is 13.2 Å². The van der Waals surface area contributed by atoms with Gasteiger partial charge in [0.05, 0.1) is 11.5 Å². The summed E-state index contributed by atoms with van der Waals surface area (Å²) < 4.78 is 33.2. The number of benzene rings is 1. The fraction of sp³-hybridized carbons (Fsp3) is 0.438. The van der Waals surface area contributed by atoms with E-state index in [0.717, 1.165) is 18.4 Å². The van der Waals surface area contributed by atoms with Gasteiger partial charge in [-0.1, -0.05) is 6.07 Å². The number of ether oxygens (including phenoxy) is 1. The molecule has 0 aliphatic carbocycles.